The molecule has 10 heteroatoms. The molecule has 1 heterocycles. The summed E-state index contributed by atoms with van der Waals surface area (Å²) >= 11 is 5.81. The van der Waals surface area contributed by atoms with Crippen LogP contribution in [0.25, 0.3) is 5.69 Å². The fourth-order valence-electron chi connectivity index (χ4n) is 2.40. The Morgan fingerprint density at radius 1 is 1.14 bits per heavy atom. The highest BCUT2D eigenvalue weighted by molar-refractivity contribution is 6.33. The van der Waals surface area contributed by atoms with E-state index < -0.39 is 29.2 Å². The van der Waals surface area contributed by atoms with Gasteiger partial charge in [-0.15, -0.1) is 0 Å². The van der Waals surface area contributed by atoms with Crippen LogP contribution in [-0.4, -0.2) is 21.9 Å². The Hall–Kier alpha value is -3.20. The molecule has 0 saturated heterocycles. The molecule has 0 aliphatic carbocycles. The lowest BCUT2D eigenvalue weighted by molar-refractivity contribution is -0.143. The Balaban J connectivity index is 1.90. The van der Waals surface area contributed by atoms with Crippen LogP contribution < -0.4 is 5.43 Å². The summed E-state index contributed by atoms with van der Waals surface area (Å²) < 4.78 is 54.9. The number of carbonyl (C=O) groups is 1. The predicted molar refractivity (Wildman–Crippen MR) is 95.0 cm³/mol. The van der Waals surface area contributed by atoms with Gasteiger partial charge in [-0.2, -0.15) is 23.4 Å². The van der Waals surface area contributed by atoms with Crippen LogP contribution in [0, 0.1) is 5.82 Å². The number of para-hydroxylation sites is 1. The topological polar surface area (TPSA) is 59.3 Å². The quantitative estimate of drug-likeness (QED) is 0.392. The van der Waals surface area contributed by atoms with E-state index >= 15 is 0 Å². The first-order valence-corrected chi connectivity index (χ1v) is 8.15. The second-order valence-electron chi connectivity index (χ2n) is 5.49. The van der Waals surface area contributed by atoms with Crippen LogP contribution in [0.15, 0.2) is 59.8 Å². The lowest BCUT2D eigenvalue weighted by atomic mass is 10.2. The third kappa shape index (κ3) is 4.04. The molecule has 1 N–H and O–H groups in total. The molecule has 144 valence electrons. The number of hydrazone groups is 1. The summed E-state index contributed by atoms with van der Waals surface area (Å²) in [6.45, 7) is 0. The standard InChI is InChI=1S/C18H11ClF4N4O/c19-14-7-4-8-15(20)12(14)9-24-26-17(28)13-10-25-27(16(13)18(21,22)23)11-5-2-1-3-6-11/h1-10H,(H,26,28)/b24-9-. The van der Waals surface area contributed by atoms with Gasteiger partial charge in [0.15, 0.2) is 5.69 Å². The monoisotopic (exact) mass is 410 g/mol. The number of alkyl halides is 3. The first-order valence-electron chi connectivity index (χ1n) is 7.77. The lowest BCUT2D eigenvalue weighted by Gasteiger charge is -2.12. The fraction of sp³-hybridized carbons (Fsp3) is 0.0556. The molecule has 0 unspecified atom stereocenters. The minimum atomic E-state index is -4.85. The molecule has 0 bridgehead atoms. The molecule has 1 aromatic heterocycles. The molecule has 0 spiro atoms. The summed E-state index contributed by atoms with van der Waals surface area (Å²) in [5.41, 5.74) is -0.0278. The molecule has 0 saturated carbocycles. The van der Waals surface area contributed by atoms with E-state index in [-0.39, 0.29) is 16.3 Å². The van der Waals surface area contributed by atoms with Crippen molar-refractivity contribution in [2.24, 2.45) is 5.10 Å². The summed E-state index contributed by atoms with van der Waals surface area (Å²) in [7, 11) is 0. The number of carbonyl (C=O) groups excluding carboxylic acids is 1. The Labute approximate surface area is 161 Å². The number of aromatic nitrogens is 2. The van der Waals surface area contributed by atoms with Crippen molar-refractivity contribution in [3.05, 3.63) is 82.4 Å². The number of benzene rings is 2. The molecule has 3 aromatic rings. The normalized spacial score (nSPS) is 11.8. The maximum atomic E-state index is 13.7. The Morgan fingerprint density at radius 3 is 2.50 bits per heavy atom. The van der Waals surface area contributed by atoms with Crippen LogP contribution in [0.2, 0.25) is 5.02 Å². The lowest BCUT2D eigenvalue weighted by Crippen LogP contribution is -2.23. The molecule has 5 nitrogen and oxygen atoms in total. The van der Waals surface area contributed by atoms with Gasteiger partial charge in [-0.25, -0.2) is 14.5 Å². The zero-order valence-electron chi connectivity index (χ0n) is 13.9. The molecule has 0 atom stereocenters. The van der Waals surface area contributed by atoms with Gasteiger partial charge in [0.1, 0.15) is 5.82 Å². The van der Waals surface area contributed by atoms with Gasteiger partial charge in [0.25, 0.3) is 5.91 Å². The molecule has 0 aliphatic rings. The molecule has 2 aromatic carbocycles. The van der Waals surface area contributed by atoms with E-state index in [1.54, 1.807) is 18.2 Å². The molecule has 1 amide bonds. The summed E-state index contributed by atoms with van der Waals surface area (Å²) in [5, 5.41) is 7.20. The summed E-state index contributed by atoms with van der Waals surface area (Å²) in [6.07, 6.45) is -3.15. The van der Waals surface area contributed by atoms with Crippen LogP contribution in [0.1, 0.15) is 21.6 Å². The molecule has 3 rings (SSSR count). The van der Waals surface area contributed by atoms with Crippen LogP contribution in [0.4, 0.5) is 17.6 Å². The van der Waals surface area contributed by atoms with Crippen molar-refractivity contribution >= 4 is 23.7 Å². The van der Waals surface area contributed by atoms with Gasteiger partial charge in [0.05, 0.1) is 28.7 Å². The zero-order valence-corrected chi connectivity index (χ0v) is 14.7. The van der Waals surface area contributed by atoms with Gasteiger partial charge in [-0.05, 0) is 24.3 Å². The van der Waals surface area contributed by atoms with Crippen LogP contribution in [-0.2, 0) is 6.18 Å². The van der Waals surface area contributed by atoms with Crippen molar-refractivity contribution in [1.29, 1.82) is 0 Å². The average molecular weight is 411 g/mol. The number of hydrogen-bond donors (Lipinski definition) is 1. The van der Waals surface area contributed by atoms with Gasteiger partial charge in [0, 0.05) is 5.56 Å². The highest BCUT2D eigenvalue weighted by Gasteiger charge is 2.40. The van der Waals surface area contributed by atoms with E-state index in [4.69, 9.17) is 11.6 Å². The maximum Gasteiger partial charge on any atom is 0.434 e. The summed E-state index contributed by atoms with van der Waals surface area (Å²) in [4.78, 5) is 12.2. The first-order chi connectivity index (χ1) is 13.3. The van der Waals surface area contributed by atoms with Gasteiger partial charge in [-0.3, -0.25) is 4.79 Å². The first kappa shape index (κ1) is 19.6. The van der Waals surface area contributed by atoms with Crippen molar-refractivity contribution in [3.8, 4) is 5.69 Å². The van der Waals surface area contributed by atoms with E-state index in [9.17, 15) is 22.4 Å². The Morgan fingerprint density at radius 2 is 1.86 bits per heavy atom. The van der Waals surface area contributed by atoms with Crippen LogP contribution in [0.5, 0.6) is 0 Å². The maximum absolute atomic E-state index is 13.7. The minimum absolute atomic E-state index is 0.0332. The van der Waals surface area contributed by atoms with Crippen molar-refractivity contribution < 1.29 is 22.4 Å². The molecule has 0 fully saturated rings. The average Bonchev–Trinajstić information content (AvgIpc) is 3.10. The van der Waals surface area contributed by atoms with Crippen molar-refractivity contribution in [2.45, 2.75) is 6.18 Å². The van der Waals surface area contributed by atoms with E-state index in [0.717, 1.165) is 18.5 Å². The SMILES string of the molecule is O=C(N/N=C\c1c(F)cccc1Cl)c1cnn(-c2ccccc2)c1C(F)(F)F. The highest BCUT2D eigenvalue weighted by Crippen LogP contribution is 2.33. The zero-order chi connectivity index (χ0) is 20.3. The fourth-order valence-corrected chi connectivity index (χ4v) is 2.61. The number of nitrogens with zero attached hydrogens (tertiary/aromatic N) is 3. The smallest absolute Gasteiger partial charge is 0.267 e. The van der Waals surface area contributed by atoms with Crippen molar-refractivity contribution in [2.75, 3.05) is 0 Å². The van der Waals surface area contributed by atoms with E-state index in [0.29, 0.717) is 4.68 Å². The molecular formula is C18H11ClF4N4O. The molecule has 0 aliphatic heterocycles. The van der Waals surface area contributed by atoms with Gasteiger partial charge >= 0.3 is 6.18 Å². The van der Waals surface area contributed by atoms with E-state index in [1.165, 1.54) is 24.3 Å². The van der Waals surface area contributed by atoms with Gasteiger partial charge < -0.3 is 0 Å². The van der Waals surface area contributed by atoms with Gasteiger partial charge in [0.2, 0.25) is 0 Å². The van der Waals surface area contributed by atoms with E-state index in [2.05, 4.69) is 10.2 Å². The van der Waals surface area contributed by atoms with Crippen molar-refractivity contribution in [3.63, 3.8) is 0 Å². The number of halogens is 5. The Kier molecular flexibility index (Phi) is 5.46. The van der Waals surface area contributed by atoms with Gasteiger partial charge in [-0.1, -0.05) is 35.9 Å². The summed E-state index contributed by atoms with van der Waals surface area (Å²) in [6, 6.07) is 11.5. The molecule has 0 radical (unpaired) electrons. The second-order valence-corrected chi connectivity index (χ2v) is 5.89. The third-order valence-electron chi connectivity index (χ3n) is 3.64. The second kappa shape index (κ2) is 7.81. The molecule has 28 heavy (non-hydrogen) atoms. The Bertz CT molecular complexity index is 1010. The number of hydrogen-bond acceptors (Lipinski definition) is 3. The highest BCUT2D eigenvalue weighted by atomic mass is 35.5. The predicted octanol–water partition coefficient (Wildman–Crippen LogP) is 4.45. The largest absolute Gasteiger partial charge is 0.434 e. The van der Waals surface area contributed by atoms with E-state index in [1.807, 2.05) is 5.43 Å². The minimum Gasteiger partial charge on any atom is -0.267 e. The number of rotatable bonds is 4. The van der Waals surface area contributed by atoms with Crippen molar-refractivity contribution in [1.82, 2.24) is 15.2 Å². The summed E-state index contributed by atoms with van der Waals surface area (Å²) in [5.74, 6) is -1.85. The third-order valence-corrected chi connectivity index (χ3v) is 3.97. The number of amides is 1. The van der Waals surface area contributed by atoms with Crippen LogP contribution in [0.3, 0.4) is 0 Å². The van der Waals surface area contributed by atoms with Crippen LogP contribution >= 0.6 is 11.6 Å². The number of nitrogens with one attached hydrogen (secondary N) is 1. The molecular weight excluding hydrogens is 400 g/mol.